The van der Waals surface area contributed by atoms with Crippen LogP contribution in [-0.4, -0.2) is 26.8 Å². The lowest BCUT2D eigenvalue weighted by atomic mass is 10.2. The van der Waals surface area contributed by atoms with Crippen LogP contribution in [0.4, 0.5) is 5.69 Å². The highest BCUT2D eigenvalue weighted by Gasteiger charge is 2.12. The molecule has 0 radical (unpaired) electrons. The number of amides is 1. The van der Waals surface area contributed by atoms with Gasteiger partial charge in [0.05, 0.1) is 28.0 Å². The van der Waals surface area contributed by atoms with Crippen LogP contribution in [0, 0.1) is 0 Å². The van der Waals surface area contributed by atoms with Crippen molar-refractivity contribution in [2.75, 3.05) is 5.32 Å². The van der Waals surface area contributed by atoms with Crippen LogP contribution in [0.15, 0.2) is 30.6 Å². The number of anilines is 1. The number of carbonyl (C=O) groups excluding carboxylic acids is 1. The summed E-state index contributed by atoms with van der Waals surface area (Å²) in [6.45, 7) is 0. The van der Waals surface area contributed by atoms with Crippen LogP contribution in [0.2, 0.25) is 5.02 Å². The summed E-state index contributed by atoms with van der Waals surface area (Å²) in [5.41, 5.74) is 0.797. The number of nitrogens with one attached hydrogen (secondary N) is 1. The molecule has 98 valence electrons. The molecule has 0 saturated carbocycles. The van der Waals surface area contributed by atoms with Gasteiger partial charge in [-0.2, -0.15) is 5.10 Å². The number of halogens is 1. The topological polar surface area (TPSA) is 84.2 Å². The standard InChI is InChI=1S/C12H10ClN3O3/c1-16-6-8(5-14-16)11(17)15-10-3-2-7(12(18)19)4-9(10)13/h2-6H,1H3,(H,15,17)(H,18,19). The molecule has 19 heavy (non-hydrogen) atoms. The Morgan fingerprint density at radius 2 is 2.11 bits per heavy atom. The number of aromatic carboxylic acids is 1. The van der Waals surface area contributed by atoms with Gasteiger partial charge in [-0.25, -0.2) is 4.79 Å². The molecular formula is C12H10ClN3O3. The van der Waals surface area contributed by atoms with E-state index in [1.165, 1.54) is 29.1 Å². The van der Waals surface area contributed by atoms with E-state index in [-0.39, 0.29) is 16.5 Å². The number of aromatic nitrogens is 2. The number of aryl methyl sites for hydroxylation is 1. The summed E-state index contributed by atoms with van der Waals surface area (Å²) in [4.78, 5) is 22.6. The van der Waals surface area contributed by atoms with Gasteiger partial charge in [-0.05, 0) is 18.2 Å². The Morgan fingerprint density at radius 1 is 1.37 bits per heavy atom. The van der Waals surface area contributed by atoms with Crippen molar-refractivity contribution >= 4 is 29.2 Å². The van der Waals surface area contributed by atoms with E-state index in [9.17, 15) is 9.59 Å². The first-order valence-corrected chi connectivity index (χ1v) is 5.68. The van der Waals surface area contributed by atoms with Crippen molar-refractivity contribution in [3.8, 4) is 0 Å². The molecule has 2 rings (SSSR count). The van der Waals surface area contributed by atoms with Gasteiger partial charge < -0.3 is 10.4 Å². The van der Waals surface area contributed by atoms with Crippen molar-refractivity contribution in [2.45, 2.75) is 0 Å². The monoisotopic (exact) mass is 279 g/mol. The third-order valence-corrected chi connectivity index (χ3v) is 2.74. The molecule has 1 aromatic carbocycles. The second-order valence-electron chi connectivity index (χ2n) is 3.86. The van der Waals surface area contributed by atoms with Crippen molar-refractivity contribution in [3.05, 3.63) is 46.7 Å². The molecule has 7 heteroatoms. The number of hydrogen-bond acceptors (Lipinski definition) is 3. The first kappa shape index (κ1) is 13.1. The molecule has 0 bridgehead atoms. The average molecular weight is 280 g/mol. The van der Waals surface area contributed by atoms with Crippen LogP contribution < -0.4 is 5.32 Å². The lowest BCUT2D eigenvalue weighted by Crippen LogP contribution is -2.11. The number of carboxylic acids is 1. The lowest BCUT2D eigenvalue weighted by Gasteiger charge is -2.06. The molecule has 1 aromatic heterocycles. The molecule has 0 aliphatic heterocycles. The molecule has 2 N–H and O–H groups in total. The average Bonchev–Trinajstić information content (AvgIpc) is 2.78. The zero-order valence-corrected chi connectivity index (χ0v) is 10.7. The van der Waals surface area contributed by atoms with Crippen molar-refractivity contribution in [3.63, 3.8) is 0 Å². The van der Waals surface area contributed by atoms with Gasteiger partial charge in [0.25, 0.3) is 5.91 Å². The fourth-order valence-corrected chi connectivity index (χ4v) is 1.71. The normalized spacial score (nSPS) is 10.2. The Morgan fingerprint density at radius 3 is 2.63 bits per heavy atom. The Balaban J connectivity index is 2.20. The van der Waals surface area contributed by atoms with Crippen molar-refractivity contribution in [1.29, 1.82) is 0 Å². The SMILES string of the molecule is Cn1cc(C(=O)Nc2ccc(C(=O)O)cc2Cl)cn1. The van der Waals surface area contributed by atoms with Crippen LogP contribution in [0.5, 0.6) is 0 Å². The Hall–Kier alpha value is -2.34. The van der Waals surface area contributed by atoms with Gasteiger partial charge in [-0.1, -0.05) is 11.6 Å². The molecule has 1 amide bonds. The minimum absolute atomic E-state index is 0.0596. The summed E-state index contributed by atoms with van der Waals surface area (Å²) in [6.07, 6.45) is 2.99. The molecule has 0 aliphatic carbocycles. The maximum Gasteiger partial charge on any atom is 0.335 e. The summed E-state index contributed by atoms with van der Waals surface area (Å²) in [5.74, 6) is -1.44. The zero-order chi connectivity index (χ0) is 14.0. The molecule has 0 saturated heterocycles. The predicted molar refractivity (Wildman–Crippen MR) is 69.6 cm³/mol. The van der Waals surface area contributed by atoms with Gasteiger partial charge in [-0.3, -0.25) is 9.48 Å². The van der Waals surface area contributed by atoms with E-state index in [4.69, 9.17) is 16.7 Å². The van der Waals surface area contributed by atoms with E-state index in [1.807, 2.05) is 0 Å². The fraction of sp³-hybridized carbons (Fsp3) is 0.0833. The predicted octanol–water partition coefficient (Wildman–Crippen LogP) is 2.02. The zero-order valence-electron chi connectivity index (χ0n) is 9.92. The Labute approximate surface area is 113 Å². The summed E-state index contributed by atoms with van der Waals surface area (Å²) in [7, 11) is 1.70. The molecule has 0 fully saturated rings. The summed E-state index contributed by atoms with van der Waals surface area (Å²) in [5, 5.41) is 15.4. The fourth-order valence-electron chi connectivity index (χ4n) is 1.48. The molecule has 0 spiro atoms. The summed E-state index contributed by atoms with van der Waals surface area (Å²) >= 11 is 5.91. The molecule has 6 nitrogen and oxygen atoms in total. The van der Waals surface area contributed by atoms with E-state index in [0.717, 1.165) is 0 Å². The maximum atomic E-state index is 11.9. The van der Waals surface area contributed by atoms with Crippen LogP contribution in [0.25, 0.3) is 0 Å². The molecular weight excluding hydrogens is 270 g/mol. The van der Waals surface area contributed by atoms with E-state index >= 15 is 0 Å². The molecule has 0 atom stereocenters. The first-order valence-electron chi connectivity index (χ1n) is 5.30. The first-order chi connectivity index (χ1) is 8.97. The number of nitrogens with zero attached hydrogens (tertiary/aromatic N) is 2. The number of hydrogen-bond donors (Lipinski definition) is 2. The largest absolute Gasteiger partial charge is 0.478 e. The lowest BCUT2D eigenvalue weighted by molar-refractivity contribution is 0.0696. The van der Waals surface area contributed by atoms with Crippen LogP contribution in [-0.2, 0) is 7.05 Å². The molecule has 1 heterocycles. The van der Waals surface area contributed by atoms with Gasteiger partial charge in [0.2, 0.25) is 0 Å². The smallest absolute Gasteiger partial charge is 0.335 e. The quantitative estimate of drug-likeness (QED) is 0.900. The minimum atomic E-state index is -1.08. The Kier molecular flexibility index (Phi) is 3.52. The van der Waals surface area contributed by atoms with Crippen LogP contribution >= 0.6 is 11.6 Å². The highest BCUT2D eigenvalue weighted by Crippen LogP contribution is 2.23. The van der Waals surface area contributed by atoms with Crippen molar-refractivity contribution in [2.24, 2.45) is 7.05 Å². The highest BCUT2D eigenvalue weighted by molar-refractivity contribution is 6.34. The second-order valence-corrected chi connectivity index (χ2v) is 4.26. The number of rotatable bonds is 3. The van der Waals surface area contributed by atoms with E-state index in [0.29, 0.717) is 11.3 Å². The third kappa shape index (κ3) is 2.92. The number of carbonyl (C=O) groups is 2. The van der Waals surface area contributed by atoms with Crippen LogP contribution in [0.1, 0.15) is 20.7 Å². The van der Waals surface area contributed by atoms with Crippen molar-refractivity contribution in [1.82, 2.24) is 9.78 Å². The van der Waals surface area contributed by atoms with Gasteiger partial charge in [-0.15, -0.1) is 0 Å². The van der Waals surface area contributed by atoms with Gasteiger partial charge >= 0.3 is 5.97 Å². The maximum absolute atomic E-state index is 11.9. The second kappa shape index (κ2) is 5.11. The Bertz CT molecular complexity index is 651. The third-order valence-electron chi connectivity index (χ3n) is 2.43. The summed E-state index contributed by atoms with van der Waals surface area (Å²) in [6, 6.07) is 4.09. The highest BCUT2D eigenvalue weighted by atomic mass is 35.5. The van der Waals surface area contributed by atoms with Gasteiger partial charge in [0, 0.05) is 13.2 Å². The molecule has 0 aliphatic rings. The summed E-state index contributed by atoms with van der Waals surface area (Å²) < 4.78 is 1.50. The van der Waals surface area contributed by atoms with Gasteiger partial charge in [0.15, 0.2) is 0 Å². The van der Waals surface area contributed by atoms with E-state index in [2.05, 4.69) is 10.4 Å². The molecule has 0 unspecified atom stereocenters. The van der Waals surface area contributed by atoms with Crippen molar-refractivity contribution < 1.29 is 14.7 Å². The van der Waals surface area contributed by atoms with Gasteiger partial charge in [0.1, 0.15) is 0 Å². The molecule has 2 aromatic rings. The van der Waals surface area contributed by atoms with E-state index < -0.39 is 5.97 Å². The van der Waals surface area contributed by atoms with E-state index in [1.54, 1.807) is 13.2 Å². The minimum Gasteiger partial charge on any atom is -0.478 e. The number of carboxylic acid groups (broad SMARTS) is 1. The number of benzene rings is 1. The van der Waals surface area contributed by atoms with Crippen LogP contribution in [0.3, 0.4) is 0 Å².